The van der Waals surface area contributed by atoms with E-state index >= 15 is 0 Å². The van der Waals surface area contributed by atoms with Gasteiger partial charge in [-0.05, 0) is 44.4 Å². The number of imidazole rings is 1. The maximum Gasteiger partial charge on any atom is 0.321 e. The van der Waals surface area contributed by atoms with Crippen molar-refractivity contribution in [1.82, 2.24) is 19.7 Å². The predicted molar refractivity (Wildman–Crippen MR) is 86.6 cm³/mol. The van der Waals surface area contributed by atoms with Crippen molar-refractivity contribution in [3.8, 4) is 5.69 Å². The van der Waals surface area contributed by atoms with Crippen LogP contribution in [-0.2, 0) is 0 Å². The summed E-state index contributed by atoms with van der Waals surface area (Å²) < 4.78 is 7.33. The van der Waals surface area contributed by atoms with Crippen molar-refractivity contribution in [2.75, 3.05) is 5.32 Å². The summed E-state index contributed by atoms with van der Waals surface area (Å²) in [5, 5.41) is 7.29. The Hall–Kier alpha value is -2.63. The molecule has 0 spiro atoms. The van der Waals surface area contributed by atoms with E-state index in [2.05, 4.69) is 56.2 Å². The van der Waals surface area contributed by atoms with Crippen LogP contribution in [0.2, 0.25) is 0 Å². The second-order valence-electron chi connectivity index (χ2n) is 6.03. The molecule has 1 unspecified atom stereocenters. The van der Waals surface area contributed by atoms with E-state index in [4.69, 9.17) is 4.52 Å². The lowest BCUT2D eigenvalue weighted by atomic mass is 10.1. The molecule has 6 nitrogen and oxygen atoms in total. The van der Waals surface area contributed by atoms with E-state index in [1.807, 2.05) is 13.1 Å². The van der Waals surface area contributed by atoms with Crippen LogP contribution in [0.5, 0.6) is 0 Å². The molecule has 2 heterocycles. The lowest BCUT2D eigenvalue weighted by molar-refractivity contribution is 0.420. The summed E-state index contributed by atoms with van der Waals surface area (Å²) in [5.74, 6) is 2.30. The Bertz CT molecular complexity index is 801. The van der Waals surface area contributed by atoms with E-state index < -0.39 is 0 Å². The molecule has 1 aliphatic carbocycles. The van der Waals surface area contributed by atoms with Crippen LogP contribution in [0.15, 0.2) is 41.2 Å². The molecule has 3 aromatic rings. The van der Waals surface area contributed by atoms with Gasteiger partial charge in [0, 0.05) is 24.0 Å². The zero-order valence-electron chi connectivity index (χ0n) is 13.2. The van der Waals surface area contributed by atoms with Crippen molar-refractivity contribution < 1.29 is 4.52 Å². The van der Waals surface area contributed by atoms with Crippen LogP contribution < -0.4 is 5.32 Å². The van der Waals surface area contributed by atoms with Gasteiger partial charge in [0.25, 0.3) is 0 Å². The molecule has 118 valence electrons. The summed E-state index contributed by atoms with van der Waals surface area (Å²) in [6.45, 7) is 4.07. The fourth-order valence-electron chi connectivity index (χ4n) is 2.64. The topological polar surface area (TPSA) is 68.8 Å². The Balaban J connectivity index is 1.47. The first-order valence-corrected chi connectivity index (χ1v) is 7.91. The molecule has 0 radical (unpaired) electrons. The van der Waals surface area contributed by atoms with Crippen molar-refractivity contribution in [3.63, 3.8) is 0 Å². The van der Waals surface area contributed by atoms with Crippen molar-refractivity contribution in [3.05, 3.63) is 53.9 Å². The van der Waals surface area contributed by atoms with Crippen LogP contribution in [0.1, 0.15) is 48.9 Å². The normalized spacial score (nSPS) is 15.6. The maximum atomic E-state index is 5.27. The summed E-state index contributed by atoms with van der Waals surface area (Å²) in [5.41, 5.74) is 2.27. The third-order valence-corrected chi connectivity index (χ3v) is 4.22. The van der Waals surface area contributed by atoms with Gasteiger partial charge in [-0.2, -0.15) is 4.98 Å². The molecule has 1 aromatic carbocycles. The number of anilines is 1. The van der Waals surface area contributed by atoms with Gasteiger partial charge in [0.15, 0.2) is 5.82 Å². The standard InChI is InChI=1S/C17H19N5O/c1-11(19-17-20-16(21-23-17)14-3-4-14)13-5-7-15(8-6-13)22-10-9-18-12(22)2/h5-11,14H,3-4H2,1-2H3,(H,19,20,21). The van der Waals surface area contributed by atoms with Gasteiger partial charge in [0.2, 0.25) is 0 Å². The molecule has 23 heavy (non-hydrogen) atoms. The fourth-order valence-corrected chi connectivity index (χ4v) is 2.64. The number of benzene rings is 1. The number of hydrogen-bond donors (Lipinski definition) is 1. The summed E-state index contributed by atoms with van der Waals surface area (Å²) in [6.07, 6.45) is 6.11. The molecule has 4 rings (SSSR count). The highest BCUT2D eigenvalue weighted by Gasteiger charge is 2.29. The smallest absolute Gasteiger partial charge is 0.321 e. The maximum absolute atomic E-state index is 5.27. The number of aryl methyl sites for hydroxylation is 1. The van der Waals surface area contributed by atoms with E-state index in [1.54, 1.807) is 6.20 Å². The van der Waals surface area contributed by atoms with E-state index in [0.29, 0.717) is 11.9 Å². The Morgan fingerprint density at radius 2 is 2.04 bits per heavy atom. The first-order valence-electron chi connectivity index (χ1n) is 7.91. The quantitative estimate of drug-likeness (QED) is 0.779. The summed E-state index contributed by atoms with van der Waals surface area (Å²) in [6, 6.07) is 8.97. The van der Waals surface area contributed by atoms with Gasteiger partial charge in [0.05, 0.1) is 6.04 Å². The lowest BCUT2D eigenvalue weighted by Gasteiger charge is -2.13. The Labute approximate surface area is 134 Å². The molecule has 1 atom stereocenters. The molecule has 1 N–H and O–H groups in total. The SMILES string of the molecule is Cc1nccn1-c1ccc(C(C)Nc2nc(C3CC3)no2)cc1. The van der Waals surface area contributed by atoms with Gasteiger partial charge in [-0.3, -0.25) is 0 Å². The van der Waals surface area contributed by atoms with Crippen molar-refractivity contribution >= 4 is 6.01 Å². The largest absolute Gasteiger partial charge is 0.331 e. The molecule has 0 aliphatic heterocycles. The minimum Gasteiger partial charge on any atom is -0.331 e. The molecule has 1 saturated carbocycles. The third-order valence-electron chi connectivity index (χ3n) is 4.22. The van der Waals surface area contributed by atoms with E-state index in [1.165, 1.54) is 12.8 Å². The minimum atomic E-state index is 0.0976. The van der Waals surface area contributed by atoms with Crippen LogP contribution >= 0.6 is 0 Å². The number of rotatable bonds is 5. The second-order valence-corrected chi connectivity index (χ2v) is 6.03. The molecule has 0 bridgehead atoms. The number of nitrogens with zero attached hydrogens (tertiary/aromatic N) is 4. The van der Waals surface area contributed by atoms with Crippen LogP contribution in [0.25, 0.3) is 5.69 Å². The Morgan fingerprint density at radius 1 is 1.26 bits per heavy atom. The molecule has 0 amide bonds. The van der Waals surface area contributed by atoms with Gasteiger partial charge in [-0.15, -0.1) is 0 Å². The lowest BCUT2D eigenvalue weighted by Crippen LogP contribution is -2.07. The number of nitrogens with one attached hydrogen (secondary N) is 1. The van der Waals surface area contributed by atoms with Crippen molar-refractivity contribution in [1.29, 1.82) is 0 Å². The van der Waals surface area contributed by atoms with Gasteiger partial charge in [-0.25, -0.2) is 4.98 Å². The monoisotopic (exact) mass is 309 g/mol. The van der Waals surface area contributed by atoms with Crippen molar-refractivity contribution in [2.24, 2.45) is 0 Å². The third kappa shape index (κ3) is 2.84. The summed E-state index contributed by atoms with van der Waals surface area (Å²) in [4.78, 5) is 8.66. The van der Waals surface area contributed by atoms with Gasteiger partial charge < -0.3 is 14.4 Å². The Morgan fingerprint density at radius 3 is 2.70 bits per heavy atom. The number of aromatic nitrogens is 4. The summed E-state index contributed by atoms with van der Waals surface area (Å²) >= 11 is 0. The molecular formula is C17H19N5O. The predicted octanol–water partition coefficient (Wildman–Crippen LogP) is 3.61. The molecule has 6 heteroatoms. The molecule has 1 aliphatic rings. The van der Waals surface area contributed by atoms with Crippen LogP contribution in [0.4, 0.5) is 6.01 Å². The highest BCUT2D eigenvalue weighted by atomic mass is 16.5. The summed E-state index contributed by atoms with van der Waals surface area (Å²) in [7, 11) is 0. The fraction of sp³-hybridized carbons (Fsp3) is 0.353. The van der Waals surface area contributed by atoms with Crippen LogP contribution in [0.3, 0.4) is 0 Å². The van der Waals surface area contributed by atoms with Gasteiger partial charge in [-0.1, -0.05) is 17.3 Å². The molecule has 1 fully saturated rings. The van der Waals surface area contributed by atoms with Gasteiger partial charge >= 0.3 is 6.01 Å². The highest BCUT2D eigenvalue weighted by molar-refractivity contribution is 5.38. The average Bonchev–Trinajstić information content (AvgIpc) is 3.16. The van der Waals surface area contributed by atoms with Crippen molar-refractivity contribution in [2.45, 2.75) is 38.6 Å². The molecular weight excluding hydrogens is 290 g/mol. The average molecular weight is 309 g/mol. The minimum absolute atomic E-state index is 0.0976. The van der Waals surface area contributed by atoms with Gasteiger partial charge in [0.1, 0.15) is 5.82 Å². The van der Waals surface area contributed by atoms with E-state index in [0.717, 1.165) is 22.9 Å². The second kappa shape index (κ2) is 5.53. The highest BCUT2D eigenvalue weighted by Crippen LogP contribution is 2.38. The zero-order chi connectivity index (χ0) is 15.8. The van der Waals surface area contributed by atoms with Crippen LogP contribution in [-0.4, -0.2) is 19.7 Å². The van der Waals surface area contributed by atoms with E-state index in [9.17, 15) is 0 Å². The molecule has 0 saturated heterocycles. The first kappa shape index (κ1) is 14.0. The van der Waals surface area contributed by atoms with E-state index in [-0.39, 0.29) is 6.04 Å². The Kier molecular flexibility index (Phi) is 3.37. The number of hydrogen-bond acceptors (Lipinski definition) is 5. The molecule has 2 aromatic heterocycles. The van der Waals surface area contributed by atoms with Crippen LogP contribution in [0, 0.1) is 6.92 Å². The first-order chi connectivity index (χ1) is 11.2. The zero-order valence-corrected chi connectivity index (χ0v) is 13.2.